The first kappa shape index (κ1) is 20.6. The van der Waals surface area contributed by atoms with E-state index in [1.807, 2.05) is 24.3 Å². The van der Waals surface area contributed by atoms with Gasteiger partial charge in [-0.1, -0.05) is 60.1 Å². The molecule has 0 heterocycles. The molecule has 1 saturated carbocycles. The first-order chi connectivity index (χ1) is 13.6. The predicted octanol–water partition coefficient (Wildman–Crippen LogP) is 5.60. The van der Waals surface area contributed by atoms with E-state index in [0.29, 0.717) is 17.4 Å². The van der Waals surface area contributed by atoms with Gasteiger partial charge in [-0.2, -0.15) is 0 Å². The molecular formula is C24H27ClO3. The number of carbonyl (C=O) groups is 2. The Kier molecular flexibility index (Phi) is 7.27. The average Bonchev–Trinajstić information content (AvgIpc) is 2.73. The van der Waals surface area contributed by atoms with Gasteiger partial charge in [0.25, 0.3) is 0 Å². The number of hydrogen-bond donors (Lipinski definition) is 0. The van der Waals surface area contributed by atoms with Crippen LogP contribution in [0.5, 0.6) is 0 Å². The van der Waals surface area contributed by atoms with E-state index < -0.39 is 11.9 Å². The van der Waals surface area contributed by atoms with Crippen LogP contribution >= 0.6 is 11.6 Å². The zero-order valence-corrected chi connectivity index (χ0v) is 17.0. The number of ether oxygens (including phenoxy) is 1. The van der Waals surface area contributed by atoms with Gasteiger partial charge in [-0.3, -0.25) is 9.59 Å². The molecule has 2 aromatic rings. The fraction of sp³-hybridized carbons (Fsp3) is 0.417. The zero-order valence-electron chi connectivity index (χ0n) is 16.3. The smallest absolute Gasteiger partial charge is 0.316 e. The first-order valence-electron chi connectivity index (χ1n) is 10.1. The summed E-state index contributed by atoms with van der Waals surface area (Å²) >= 11 is 6.26. The Morgan fingerprint density at radius 2 is 1.64 bits per heavy atom. The van der Waals surface area contributed by atoms with Crippen molar-refractivity contribution in [3.63, 3.8) is 0 Å². The Labute approximate surface area is 172 Å². The third-order valence-corrected chi connectivity index (χ3v) is 6.07. The summed E-state index contributed by atoms with van der Waals surface area (Å²) < 4.78 is 5.22. The number of ketones is 1. The van der Waals surface area contributed by atoms with Gasteiger partial charge < -0.3 is 4.74 Å². The van der Waals surface area contributed by atoms with Crippen molar-refractivity contribution in [2.24, 2.45) is 11.8 Å². The molecule has 3 nitrogen and oxygen atoms in total. The Hall–Kier alpha value is -2.13. The summed E-state index contributed by atoms with van der Waals surface area (Å²) in [6.07, 6.45) is 3.88. The van der Waals surface area contributed by atoms with Crippen LogP contribution in [-0.4, -0.2) is 18.4 Å². The number of rotatable bonds is 7. The van der Waals surface area contributed by atoms with E-state index in [1.165, 1.54) is 5.56 Å². The molecule has 4 heteroatoms. The fourth-order valence-corrected chi connectivity index (χ4v) is 4.36. The molecule has 0 bridgehead atoms. The lowest BCUT2D eigenvalue weighted by Crippen LogP contribution is -2.34. The minimum atomic E-state index is -0.780. The SMILES string of the molecule is CCOC(=O)C(Cc1ccccc1Cl)C(=O)[C@H]1CC[C@H](c2ccccc2)CC1. The summed E-state index contributed by atoms with van der Waals surface area (Å²) in [5, 5.41) is 0.581. The molecule has 0 aromatic heterocycles. The standard InChI is InChI=1S/C24H27ClO3/c1-2-28-24(27)21(16-20-10-6-7-11-22(20)25)23(26)19-14-12-18(13-15-19)17-8-4-3-5-9-17/h3-11,18-19,21H,2,12-16H2,1H3/t18-,19-,21?. The van der Waals surface area contributed by atoms with Crippen molar-refractivity contribution in [1.82, 2.24) is 0 Å². The molecule has 0 radical (unpaired) electrons. The second kappa shape index (κ2) is 9.88. The summed E-state index contributed by atoms with van der Waals surface area (Å²) in [4.78, 5) is 25.8. The number of carbonyl (C=O) groups excluding carboxylic acids is 2. The van der Waals surface area contributed by atoms with Crippen LogP contribution < -0.4 is 0 Å². The highest BCUT2D eigenvalue weighted by Crippen LogP contribution is 2.37. The summed E-state index contributed by atoms with van der Waals surface area (Å²) in [7, 11) is 0. The lowest BCUT2D eigenvalue weighted by molar-refractivity contribution is -0.152. The summed E-state index contributed by atoms with van der Waals surface area (Å²) in [6.45, 7) is 2.03. The monoisotopic (exact) mass is 398 g/mol. The molecule has 1 aliphatic rings. The van der Waals surface area contributed by atoms with Crippen molar-refractivity contribution in [2.45, 2.75) is 44.9 Å². The maximum atomic E-state index is 13.2. The molecule has 0 amide bonds. The van der Waals surface area contributed by atoms with E-state index in [2.05, 4.69) is 24.3 Å². The van der Waals surface area contributed by atoms with Gasteiger partial charge in [0.1, 0.15) is 5.92 Å². The molecule has 148 valence electrons. The van der Waals surface area contributed by atoms with Gasteiger partial charge >= 0.3 is 5.97 Å². The van der Waals surface area contributed by atoms with E-state index in [-0.39, 0.29) is 18.3 Å². The largest absolute Gasteiger partial charge is 0.465 e. The van der Waals surface area contributed by atoms with Crippen LogP contribution in [0.3, 0.4) is 0 Å². The second-order valence-corrected chi connectivity index (χ2v) is 7.87. The molecule has 0 aliphatic heterocycles. The van der Waals surface area contributed by atoms with E-state index in [0.717, 1.165) is 31.2 Å². The van der Waals surface area contributed by atoms with Gasteiger partial charge in [-0.05, 0) is 62.1 Å². The quantitative estimate of drug-likeness (QED) is 0.450. The molecule has 0 N–H and O–H groups in total. The van der Waals surface area contributed by atoms with Gasteiger partial charge in [0.2, 0.25) is 0 Å². The Balaban J connectivity index is 1.69. The van der Waals surface area contributed by atoms with Crippen LogP contribution in [0.1, 0.15) is 49.7 Å². The fourth-order valence-electron chi connectivity index (χ4n) is 4.15. The van der Waals surface area contributed by atoms with Gasteiger partial charge in [0, 0.05) is 10.9 Å². The average molecular weight is 399 g/mol. The normalized spacial score (nSPS) is 20.4. The van der Waals surface area contributed by atoms with Crippen LogP contribution in [0.15, 0.2) is 54.6 Å². The molecule has 1 unspecified atom stereocenters. The Morgan fingerprint density at radius 3 is 2.29 bits per heavy atom. The summed E-state index contributed by atoms with van der Waals surface area (Å²) in [6, 6.07) is 17.8. The lowest BCUT2D eigenvalue weighted by atomic mass is 9.74. The number of benzene rings is 2. The molecule has 2 aromatic carbocycles. The van der Waals surface area contributed by atoms with E-state index in [4.69, 9.17) is 16.3 Å². The van der Waals surface area contributed by atoms with Crippen molar-refractivity contribution < 1.29 is 14.3 Å². The number of hydrogen-bond acceptors (Lipinski definition) is 3. The van der Waals surface area contributed by atoms with Crippen molar-refractivity contribution >= 4 is 23.4 Å². The first-order valence-corrected chi connectivity index (χ1v) is 10.5. The van der Waals surface area contributed by atoms with E-state index >= 15 is 0 Å². The maximum Gasteiger partial charge on any atom is 0.316 e. The van der Waals surface area contributed by atoms with Crippen LogP contribution in [-0.2, 0) is 20.7 Å². The highest BCUT2D eigenvalue weighted by atomic mass is 35.5. The highest BCUT2D eigenvalue weighted by molar-refractivity contribution is 6.31. The molecule has 1 atom stereocenters. The molecular weight excluding hydrogens is 372 g/mol. The molecule has 1 aliphatic carbocycles. The molecule has 3 rings (SSSR count). The number of halogens is 1. The molecule has 0 saturated heterocycles. The van der Waals surface area contributed by atoms with E-state index in [9.17, 15) is 9.59 Å². The van der Waals surface area contributed by atoms with Crippen LogP contribution in [0.4, 0.5) is 0 Å². The van der Waals surface area contributed by atoms with Crippen molar-refractivity contribution in [2.75, 3.05) is 6.61 Å². The topological polar surface area (TPSA) is 43.4 Å². The molecule has 1 fully saturated rings. The van der Waals surface area contributed by atoms with E-state index in [1.54, 1.807) is 13.0 Å². The minimum absolute atomic E-state index is 0.00452. The predicted molar refractivity (Wildman–Crippen MR) is 111 cm³/mol. The minimum Gasteiger partial charge on any atom is -0.465 e. The van der Waals surface area contributed by atoms with Crippen LogP contribution in [0, 0.1) is 11.8 Å². The van der Waals surface area contributed by atoms with Crippen LogP contribution in [0.25, 0.3) is 0 Å². The highest BCUT2D eigenvalue weighted by Gasteiger charge is 2.36. The molecule has 28 heavy (non-hydrogen) atoms. The number of esters is 1. The third-order valence-electron chi connectivity index (χ3n) is 5.70. The zero-order chi connectivity index (χ0) is 19.9. The molecule has 0 spiro atoms. The van der Waals surface area contributed by atoms with Crippen LogP contribution in [0.2, 0.25) is 5.02 Å². The van der Waals surface area contributed by atoms with Crippen molar-refractivity contribution in [3.05, 3.63) is 70.7 Å². The van der Waals surface area contributed by atoms with Gasteiger partial charge in [-0.15, -0.1) is 0 Å². The Bertz CT molecular complexity index is 795. The number of Topliss-reactive ketones (excluding diaryl/α,β-unsaturated/α-hetero) is 1. The van der Waals surface area contributed by atoms with Crippen molar-refractivity contribution in [3.8, 4) is 0 Å². The van der Waals surface area contributed by atoms with Gasteiger partial charge in [-0.25, -0.2) is 0 Å². The second-order valence-electron chi connectivity index (χ2n) is 7.46. The summed E-state index contributed by atoms with van der Waals surface area (Å²) in [5.41, 5.74) is 2.15. The summed E-state index contributed by atoms with van der Waals surface area (Å²) in [5.74, 6) is -0.799. The van der Waals surface area contributed by atoms with Gasteiger partial charge in [0.15, 0.2) is 5.78 Å². The lowest BCUT2D eigenvalue weighted by Gasteiger charge is -2.30. The van der Waals surface area contributed by atoms with Crippen molar-refractivity contribution in [1.29, 1.82) is 0 Å². The Morgan fingerprint density at radius 1 is 1.00 bits per heavy atom. The van der Waals surface area contributed by atoms with Gasteiger partial charge in [0.05, 0.1) is 6.61 Å². The maximum absolute atomic E-state index is 13.2. The third kappa shape index (κ3) is 5.02.